The van der Waals surface area contributed by atoms with E-state index in [1.165, 1.54) is 23.1 Å². The van der Waals surface area contributed by atoms with Crippen LogP contribution in [0.4, 0.5) is 4.79 Å². The standard InChI is InChI=1S/C13H21N3O4S/c17-11(15-6-2-1-3-7-15)4-5-14-13(20)16-9-21-8-10(16)12(18)19/h10H,1-9H2,(H,14,20)(H,18,19)/t10-/m0/s1. The predicted octanol–water partition coefficient (Wildman–Crippen LogP) is 0.558. The maximum absolute atomic E-state index is 11.9. The lowest BCUT2D eigenvalue weighted by Gasteiger charge is -2.27. The van der Waals surface area contributed by atoms with Crippen LogP contribution in [0.3, 0.4) is 0 Å². The first-order valence-corrected chi connectivity index (χ1v) is 8.38. The number of carboxylic acids is 1. The van der Waals surface area contributed by atoms with Crippen molar-refractivity contribution < 1.29 is 19.5 Å². The number of carboxylic acid groups (broad SMARTS) is 1. The minimum atomic E-state index is -0.987. The molecule has 2 saturated heterocycles. The Hall–Kier alpha value is -1.44. The van der Waals surface area contributed by atoms with Crippen LogP contribution >= 0.6 is 11.8 Å². The highest BCUT2D eigenvalue weighted by atomic mass is 32.2. The minimum absolute atomic E-state index is 0.0561. The molecule has 0 radical (unpaired) electrons. The lowest BCUT2D eigenvalue weighted by molar-refractivity contribution is -0.140. The van der Waals surface area contributed by atoms with E-state index in [1.807, 2.05) is 4.90 Å². The number of piperidine rings is 1. The molecule has 0 aromatic heterocycles. The third-order valence-corrected chi connectivity index (χ3v) is 4.76. The molecule has 21 heavy (non-hydrogen) atoms. The van der Waals surface area contributed by atoms with E-state index in [2.05, 4.69) is 5.32 Å². The Kier molecular flexibility index (Phi) is 5.72. The highest BCUT2D eigenvalue weighted by molar-refractivity contribution is 7.99. The van der Waals surface area contributed by atoms with Gasteiger partial charge in [-0.25, -0.2) is 9.59 Å². The summed E-state index contributed by atoms with van der Waals surface area (Å²) in [5, 5.41) is 11.7. The van der Waals surface area contributed by atoms with Crippen LogP contribution in [-0.2, 0) is 9.59 Å². The normalized spacial score (nSPS) is 22.2. The maximum atomic E-state index is 11.9. The van der Waals surface area contributed by atoms with E-state index >= 15 is 0 Å². The lowest BCUT2D eigenvalue weighted by atomic mass is 10.1. The van der Waals surface area contributed by atoms with Crippen LogP contribution in [-0.4, -0.2) is 70.1 Å². The Bertz CT molecular complexity index is 412. The molecular formula is C13H21N3O4S. The van der Waals surface area contributed by atoms with Crippen LogP contribution in [0.15, 0.2) is 0 Å². The molecule has 2 heterocycles. The van der Waals surface area contributed by atoms with Gasteiger partial charge in [0.05, 0.1) is 5.88 Å². The van der Waals surface area contributed by atoms with Crippen molar-refractivity contribution in [2.24, 2.45) is 0 Å². The zero-order valence-corrected chi connectivity index (χ0v) is 12.7. The van der Waals surface area contributed by atoms with Gasteiger partial charge in [0.25, 0.3) is 0 Å². The first-order valence-electron chi connectivity index (χ1n) is 7.22. The second-order valence-electron chi connectivity index (χ2n) is 5.25. The average molecular weight is 315 g/mol. The van der Waals surface area contributed by atoms with Gasteiger partial charge in [-0.1, -0.05) is 0 Å². The van der Waals surface area contributed by atoms with E-state index in [4.69, 9.17) is 5.11 Å². The van der Waals surface area contributed by atoms with Gasteiger partial charge < -0.3 is 20.2 Å². The summed E-state index contributed by atoms with van der Waals surface area (Å²) >= 11 is 1.42. The molecule has 2 N–H and O–H groups in total. The molecule has 2 aliphatic rings. The third kappa shape index (κ3) is 4.26. The second-order valence-corrected chi connectivity index (χ2v) is 6.25. The fraction of sp³-hybridized carbons (Fsp3) is 0.769. The Morgan fingerprint density at radius 2 is 1.90 bits per heavy atom. The Morgan fingerprint density at radius 3 is 2.57 bits per heavy atom. The number of nitrogens with zero attached hydrogens (tertiary/aromatic N) is 2. The van der Waals surface area contributed by atoms with Crippen molar-refractivity contribution in [3.05, 3.63) is 0 Å². The van der Waals surface area contributed by atoms with Crippen LogP contribution < -0.4 is 5.32 Å². The first kappa shape index (κ1) is 15.9. The van der Waals surface area contributed by atoms with Crippen molar-refractivity contribution in [1.82, 2.24) is 15.1 Å². The largest absolute Gasteiger partial charge is 0.480 e. The summed E-state index contributed by atoms with van der Waals surface area (Å²) in [5.41, 5.74) is 0. The van der Waals surface area contributed by atoms with E-state index in [0.717, 1.165) is 25.9 Å². The maximum Gasteiger partial charge on any atom is 0.327 e. The smallest absolute Gasteiger partial charge is 0.327 e. The van der Waals surface area contributed by atoms with Crippen molar-refractivity contribution in [1.29, 1.82) is 0 Å². The quantitative estimate of drug-likeness (QED) is 0.791. The SMILES string of the molecule is O=C(O)[C@@H]1CSCN1C(=O)NCCC(=O)N1CCCCC1. The molecule has 8 heteroatoms. The van der Waals surface area contributed by atoms with Crippen molar-refractivity contribution in [3.63, 3.8) is 0 Å². The molecule has 0 bridgehead atoms. The number of likely N-dealkylation sites (tertiary alicyclic amines) is 1. The number of carbonyl (C=O) groups excluding carboxylic acids is 2. The molecular weight excluding hydrogens is 294 g/mol. The number of amides is 3. The molecule has 3 amide bonds. The lowest BCUT2D eigenvalue weighted by Crippen LogP contribution is -2.47. The molecule has 2 fully saturated rings. The van der Waals surface area contributed by atoms with Gasteiger partial charge in [-0.3, -0.25) is 4.79 Å². The molecule has 2 aliphatic heterocycles. The molecule has 0 unspecified atom stereocenters. The molecule has 7 nitrogen and oxygen atoms in total. The zero-order chi connectivity index (χ0) is 15.2. The number of urea groups is 1. The number of thioether (sulfide) groups is 1. The van der Waals surface area contributed by atoms with Gasteiger partial charge in [-0.2, -0.15) is 0 Å². The van der Waals surface area contributed by atoms with Gasteiger partial charge in [0.2, 0.25) is 5.91 Å². The van der Waals surface area contributed by atoms with Crippen molar-refractivity contribution in [2.45, 2.75) is 31.7 Å². The summed E-state index contributed by atoms with van der Waals surface area (Å²) in [5.74, 6) is -0.140. The summed E-state index contributed by atoms with van der Waals surface area (Å²) in [4.78, 5) is 38.0. The fourth-order valence-electron chi connectivity index (χ4n) is 2.53. The molecule has 2 rings (SSSR count). The molecule has 0 aliphatic carbocycles. The van der Waals surface area contributed by atoms with E-state index in [-0.39, 0.29) is 18.9 Å². The van der Waals surface area contributed by atoms with E-state index in [9.17, 15) is 14.4 Å². The average Bonchev–Trinajstić information content (AvgIpc) is 2.97. The van der Waals surface area contributed by atoms with E-state index < -0.39 is 18.0 Å². The molecule has 118 valence electrons. The number of carbonyl (C=O) groups is 3. The minimum Gasteiger partial charge on any atom is -0.480 e. The molecule has 1 atom stereocenters. The van der Waals surface area contributed by atoms with Crippen molar-refractivity contribution in [3.8, 4) is 0 Å². The van der Waals surface area contributed by atoms with Gasteiger partial charge >= 0.3 is 12.0 Å². The number of nitrogens with one attached hydrogen (secondary N) is 1. The number of hydrogen-bond donors (Lipinski definition) is 2. The second kappa shape index (κ2) is 7.53. The van der Waals surface area contributed by atoms with Gasteiger partial charge in [0.1, 0.15) is 6.04 Å². The fourth-order valence-corrected chi connectivity index (χ4v) is 3.67. The van der Waals surface area contributed by atoms with Gasteiger partial charge in [-0.15, -0.1) is 11.8 Å². The summed E-state index contributed by atoms with van der Waals surface area (Å²) < 4.78 is 0. The molecule has 0 aromatic rings. The van der Waals surface area contributed by atoms with Crippen LogP contribution in [0.5, 0.6) is 0 Å². The summed E-state index contributed by atoms with van der Waals surface area (Å²) in [6, 6.07) is -1.17. The molecule has 0 saturated carbocycles. The monoisotopic (exact) mass is 315 g/mol. The number of rotatable bonds is 4. The summed E-state index contributed by atoms with van der Waals surface area (Å²) in [7, 11) is 0. The van der Waals surface area contributed by atoms with Crippen LogP contribution in [0.2, 0.25) is 0 Å². The van der Waals surface area contributed by atoms with Gasteiger partial charge in [0.15, 0.2) is 0 Å². The van der Waals surface area contributed by atoms with Gasteiger partial charge in [-0.05, 0) is 19.3 Å². The summed E-state index contributed by atoms with van der Waals surface area (Å²) in [6.07, 6.45) is 3.53. The predicted molar refractivity (Wildman–Crippen MR) is 79.0 cm³/mol. The Labute approximate surface area is 128 Å². The zero-order valence-electron chi connectivity index (χ0n) is 11.9. The third-order valence-electron chi connectivity index (χ3n) is 3.75. The Morgan fingerprint density at radius 1 is 1.19 bits per heavy atom. The van der Waals surface area contributed by atoms with Crippen LogP contribution in [0.25, 0.3) is 0 Å². The highest BCUT2D eigenvalue weighted by Crippen LogP contribution is 2.20. The van der Waals surface area contributed by atoms with E-state index in [0.29, 0.717) is 11.6 Å². The Balaban J connectivity index is 1.71. The number of hydrogen-bond acceptors (Lipinski definition) is 4. The van der Waals surface area contributed by atoms with Gasteiger partial charge in [0, 0.05) is 31.8 Å². The first-order chi connectivity index (χ1) is 10.1. The van der Waals surface area contributed by atoms with Crippen molar-refractivity contribution >= 4 is 29.7 Å². The van der Waals surface area contributed by atoms with Crippen molar-refractivity contribution in [2.75, 3.05) is 31.3 Å². The molecule has 0 spiro atoms. The number of aliphatic carboxylic acids is 1. The topological polar surface area (TPSA) is 90.0 Å². The van der Waals surface area contributed by atoms with E-state index in [1.54, 1.807) is 0 Å². The highest BCUT2D eigenvalue weighted by Gasteiger charge is 2.34. The van der Waals surface area contributed by atoms with Crippen LogP contribution in [0, 0.1) is 0 Å². The molecule has 0 aromatic carbocycles. The van der Waals surface area contributed by atoms with Crippen LogP contribution in [0.1, 0.15) is 25.7 Å². The summed E-state index contributed by atoms with van der Waals surface area (Å²) in [6.45, 7) is 1.86.